The molecule has 2 amide bonds. The molecule has 0 saturated heterocycles. The number of hydrogen-bond acceptors (Lipinski definition) is 5. The molecule has 3 aromatic rings. The van der Waals surface area contributed by atoms with E-state index in [9.17, 15) is 18.0 Å². The largest absolute Gasteiger partial charge is 0.444 e. The van der Waals surface area contributed by atoms with E-state index in [4.69, 9.17) is 16.3 Å². The number of rotatable bonds is 9. The Morgan fingerprint density at radius 1 is 0.892 bits per heavy atom. The Balaban J connectivity index is 1.71. The molecule has 0 unspecified atom stereocenters. The molecule has 2 N–H and O–H groups in total. The summed E-state index contributed by atoms with van der Waals surface area (Å²) in [6.45, 7) is 5.21. The Morgan fingerprint density at radius 2 is 1.57 bits per heavy atom. The molecule has 196 valence electrons. The normalized spacial score (nSPS) is 12.4. The van der Waals surface area contributed by atoms with Gasteiger partial charge in [0.25, 0.3) is 0 Å². The highest BCUT2D eigenvalue weighted by Gasteiger charge is 2.24. The van der Waals surface area contributed by atoms with Crippen LogP contribution in [0.25, 0.3) is 11.1 Å². The van der Waals surface area contributed by atoms with E-state index in [0.717, 1.165) is 16.7 Å². The Hall–Kier alpha value is -3.36. The Bertz CT molecular complexity index is 1320. The molecule has 9 heteroatoms. The van der Waals surface area contributed by atoms with Crippen molar-refractivity contribution < 1.29 is 22.7 Å². The van der Waals surface area contributed by atoms with Crippen LogP contribution >= 0.6 is 11.6 Å². The summed E-state index contributed by atoms with van der Waals surface area (Å²) in [6.07, 6.45) is -0.641. The van der Waals surface area contributed by atoms with E-state index in [1.807, 2.05) is 42.5 Å². The summed E-state index contributed by atoms with van der Waals surface area (Å²) in [6, 6.07) is 23.0. The molecule has 0 heterocycles. The molecule has 3 aromatic carbocycles. The van der Waals surface area contributed by atoms with Crippen molar-refractivity contribution in [1.82, 2.24) is 10.0 Å². The van der Waals surface area contributed by atoms with Gasteiger partial charge in [-0.15, -0.1) is 0 Å². The molecule has 0 saturated carbocycles. The first-order valence-electron chi connectivity index (χ1n) is 11.8. The summed E-state index contributed by atoms with van der Waals surface area (Å²) in [5.74, 6) is -1.04. The quantitative estimate of drug-likeness (QED) is 0.373. The lowest BCUT2D eigenvalue weighted by Gasteiger charge is -2.23. The third-order valence-electron chi connectivity index (χ3n) is 5.22. The molecule has 0 aliphatic heterocycles. The van der Waals surface area contributed by atoms with Gasteiger partial charge in [0.2, 0.25) is 15.9 Å². The number of carbonyl (C=O) groups excluding carboxylic acids is 2. The molecule has 0 aliphatic rings. The minimum absolute atomic E-state index is 0.247. The number of alkyl carbamates (subject to hydrolysis) is 1. The van der Waals surface area contributed by atoms with Crippen molar-refractivity contribution in [2.75, 3.05) is 0 Å². The minimum Gasteiger partial charge on any atom is -0.444 e. The molecule has 1 atom stereocenters. The second-order valence-electron chi connectivity index (χ2n) is 9.73. The highest BCUT2D eigenvalue weighted by molar-refractivity contribution is 7.89. The van der Waals surface area contributed by atoms with Crippen molar-refractivity contribution in [3.05, 3.63) is 95.0 Å². The Morgan fingerprint density at radius 3 is 2.19 bits per heavy atom. The van der Waals surface area contributed by atoms with Crippen molar-refractivity contribution in [2.24, 2.45) is 0 Å². The van der Waals surface area contributed by atoms with E-state index in [2.05, 4.69) is 10.0 Å². The Kier molecular flexibility index (Phi) is 9.34. The third-order valence-corrected chi connectivity index (χ3v) is 6.70. The third kappa shape index (κ3) is 9.90. The van der Waals surface area contributed by atoms with E-state index in [-0.39, 0.29) is 12.2 Å². The van der Waals surface area contributed by atoms with Gasteiger partial charge in [-0.1, -0.05) is 78.3 Å². The predicted octanol–water partition coefficient (Wildman–Crippen LogP) is 5.48. The van der Waals surface area contributed by atoms with Crippen LogP contribution in [0.15, 0.2) is 78.9 Å². The van der Waals surface area contributed by atoms with Crippen LogP contribution in [-0.2, 0) is 31.7 Å². The van der Waals surface area contributed by atoms with Crippen LogP contribution < -0.4 is 10.0 Å². The summed E-state index contributed by atoms with van der Waals surface area (Å²) in [7, 11) is -3.90. The number of hydrogen-bond donors (Lipinski definition) is 2. The maximum absolute atomic E-state index is 12.7. The molecule has 0 aromatic heterocycles. The lowest BCUT2D eigenvalue weighted by molar-refractivity contribution is -0.119. The van der Waals surface area contributed by atoms with Crippen molar-refractivity contribution in [3.63, 3.8) is 0 Å². The van der Waals surface area contributed by atoms with Crippen LogP contribution in [0.5, 0.6) is 0 Å². The summed E-state index contributed by atoms with van der Waals surface area (Å²) >= 11 is 6.10. The molecule has 0 aliphatic carbocycles. The highest BCUT2D eigenvalue weighted by Crippen LogP contribution is 2.23. The van der Waals surface area contributed by atoms with Gasteiger partial charge >= 0.3 is 6.09 Å². The van der Waals surface area contributed by atoms with E-state index in [1.165, 1.54) is 0 Å². The monoisotopic (exact) mass is 542 g/mol. The van der Waals surface area contributed by atoms with Gasteiger partial charge in [-0.3, -0.25) is 9.52 Å². The van der Waals surface area contributed by atoms with Crippen LogP contribution in [-0.4, -0.2) is 32.1 Å². The smallest absolute Gasteiger partial charge is 0.407 e. The fraction of sp³-hybridized carbons (Fsp3) is 0.286. The van der Waals surface area contributed by atoms with Crippen LogP contribution in [0.2, 0.25) is 5.02 Å². The predicted molar refractivity (Wildman–Crippen MR) is 146 cm³/mol. The second-order valence-corrected chi connectivity index (χ2v) is 11.9. The van der Waals surface area contributed by atoms with E-state index in [1.54, 1.807) is 57.2 Å². The number of benzene rings is 3. The fourth-order valence-electron chi connectivity index (χ4n) is 3.70. The van der Waals surface area contributed by atoms with Gasteiger partial charge in [-0.2, -0.15) is 0 Å². The molecule has 0 radical (unpaired) electrons. The second kappa shape index (κ2) is 12.3. The number of amides is 2. The fourth-order valence-corrected chi connectivity index (χ4v) is 5.03. The van der Waals surface area contributed by atoms with Gasteiger partial charge < -0.3 is 10.1 Å². The standard InChI is InChI=1S/C28H31ClN2O5S/c1-28(2,3)36-27(33)30-25(18-26(32)31-37(34,35)19-21-8-5-4-6-9-21)16-20-12-14-22(15-13-20)23-10-7-11-24(29)17-23/h4-15,17,25H,16,18-19H2,1-3H3,(H,30,33)(H,31,32)/t25-/m1/s1. The van der Waals surface area contributed by atoms with Gasteiger partial charge in [-0.25, -0.2) is 13.2 Å². The highest BCUT2D eigenvalue weighted by atomic mass is 35.5. The molecule has 37 heavy (non-hydrogen) atoms. The summed E-state index contributed by atoms with van der Waals surface area (Å²) in [5.41, 5.74) is 2.62. The first-order chi connectivity index (χ1) is 17.4. The van der Waals surface area contributed by atoms with E-state index < -0.39 is 33.7 Å². The molecular weight excluding hydrogens is 512 g/mol. The van der Waals surface area contributed by atoms with Crippen LogP contribution in [0.3, 0.4) is 0 Å². The van der Waals surface area contributed by atoms with Crippen molar-refractivity contribution in [2.45, 2.75) is 51.0 Å². The van der Waals surface area contributed by atoms with Crippen molar-refractivity contribution in [3.8, 4) is 11.1 Å². The molecule has 3 rings (SSSR count). The number of halogens is 1. The van der Waals surface area contributed by atoms with Crippen LogP contribution in [0.4, 0.5) is 4.79 Å². The molecule has 0 bridgehead atoms. The van der Waals surface area contributed by atoms with Crippen LogP contribution in [0.1, 0.15) is 38.3 Å². The van der Waals surface area contributed by atoms with Gasteiger partial charge in [0.1, 0.15) is 5.60 Å². The summed E-state index contributed by atoms with van der Waals surface area (Å²) < 4.78 is 32.5. The first kappa shape index (κ1) is 28.2. The summed E-state index contributed by atoms with van der Waals surface area (Å²) in [5, 5.41) is 3.34. The van der Waals surface area contributed by atoms with Gasteiger partial charge in [-0.05, 0) is 61.6 Å². The summed E-state index contributed by atoms with van der Waals surface area (Å²) in [4.78, 5) is 25.1. The van der Waals surface area contributed by atoms with Crippen LogP contribution in [0, 0.1) is 0 Å². The van der Waals surface area contributed by atoms with Gasteiger partial charge in [0, 0.05) is 17.5 Å². The number of sulfonamides is 1. The Labute approximate surface area is 223 Å². The maximum atomic E-state index is 12.7. The topological polar surface area (TPSA) is 102 Å². The van der Waals surface area contributed by atoms with E-state index >= 15 is 0 Å². The molecule has 0 fully saturated rings. The number of nitrogens with one attached hydrogen (secondary N) is 2. The SMILES string of the molecule is CC(C)(C)OC(=O)N[C@@H](CC(=O)NS(=O)(=O)Cc1ccccc1)Cc1ccc(-c2cccc(Cl)c2)cc1. The average Bonchev–Trinajstić information content (AvgIpc) is 2.78. The maximum Gasteiger partial charge on any atom is 0.407 e. The zero-order valence-corrected chi connectivity index (χ0v) is 22.6. The zero-order valence-electron chi connectivity index (χ0n) is 21.0. The number of carbonyl (C=O) groups is 2. The lowest BCUT2D eigenvalue weighted by atomic mass is 9.99. The van der Waals surface area contributed by atoms with Crippen molar-refractivity contribution in [1.29, 1.82) is 0 Å². The zero-order chi connectivity index (χ0) is 27.1. The molecule has 7 nitrogen and oxygen atoms in total. The first-order valence-corrected chi connectivity index (χ1v) is 13.8. The van der Waals surface area contributed by atoms with Gasteiger partial charge in [0.15, 0.2) is 0 Å². The minimum atomic E-state index is -3.90. The molecular formula is C28H31ClN2O5S. The van der Waals surface area contributed by atoms with Crippen molar-refractivity contribution >= 4 is 33.6 Å². The van der Waals surface area contributed by atoms with Gasteiger partial charge in [0.05, 0.1) is 5.75 Å². The van der Waals surface area contributed by atoms with E-state index in [0.29, 0.717) is 17.0 Å². The number of ether oxygens (including phenoxy) is 1. The average molecular weight is 543 g/mol. The lowest BCUT2D eigenvalue weighted by Crippen LogP contribution is -2.43. The molecule has 0 spiro atoms.